The van der Waals surface area contributed by atoms with E-state index in [1.165, 1.54) is 6.92 Å². The molecule has 0 aromatic rings. The summed E-state index contributed by atoms with van der Waals surface area (Å²) < 4.78 is 31.6. The second-order valence-electron chi connectivity index (χ2n) is 6.39. The molecule has 2 aliphatic heterocycles. The zero-order valence-electron chi connectivity index (χ0n) is 16.3. The normalized spacial score (nSPS) is 31.7. The van der Waals surface area contributed by atoms with Gasteiger partial charge in [0.05, 0.1) is 22.4 Å². The van der Waals surface area contributed by atoms with E-state index in [9.17, 15) is 15.0 Å². The van der Waals surface area contributed by atoms with Crippen molar-refractivity contribution in [1.29, 1.82) is 0 Å². The SMILES string of the molecule is [2H]C([2H])([2H])O[C@H](C)[C@](O)(C(=O)OCC1=CCN2CC[C@H](O)[C@@H]12)C(C)C. The summed E-state index contributed by atoms with van der Waals surface area (Å²) in [7, 11) is -2.73. The summed E-state index contributed by atoms with van der Waals surface area (Å²) in [5, 5.41) is 20.8. The van der Waals surface area contributed by atoms with Gasteiger partial charge in [-0.3, -0.25) is 4.90 Å². The van der Waals surface area contributed by atoms with E-state index in [-0.39, 0.29) is 12.6 Å². The van der Waals surface area contributed by atoms with E-state index in [0.29, 0.717) is 13.0 Å². The minimum absolute atomic E-state index is 0.0490. The molecule has 1 saturated heterocycles. The standard InChI is InChI=1S/C16H27NO5/c1-10(2)16(20,11(3)21-4)15(19)22-9-12-5-7-17-8-6-13(18)14(12)17/h5,10-11,13-14,18,20H,6-9H2,1-4H3/t11-,13+,14-,16+/m1/s1/i4D3. The number of rotatable bonds is 6. The Kier molecular flexibility index (Phi) is 4.08. The quantitative estimate of drug-likeness (QED) is 0.543. The summed E-state index contributed by atoms with van der Waals surface area (Å²) in [6, 6.07) is -0.156. The van der Waals surface area contributed by atoms with Crippen LogP contribution in [0.5, 0.6) is 0 Å². The molecule has 2 N–H and O–H groups in total. The van der Waals surface area contributed by atoms with Gasteiger partial charge in [-0.2, -0.15) is 0 Å². The number of hydrogen-bond donors (Lipinski definition) is 2. The van der Waals surface area contributed by atoms with Crippen LogP contribution in [-0.4, -0.2) is 71.7 Å². The van der Waals surface area contributed by atoms with Crippen molar-refractivity contribution in [3.8, 4) is 0 Å². The first-order chi connectivity index (χ1) is 11.5. The van der Waals surface area contributed by atoms with Crippen LogP contribution in [0.3, 0.4) is 0 Å². The lowest BCUT2D eigenvalue weighted by atomic mass is 9.85. The smallest absolute Gasteiger partial charge is 0.341 e. The zero-order chi connectivity index (χ0) is 19.0. The predicted molar refractivity (Wildman–Crippen MR) is 81.3 cm³/mol. The topological polar surface area (TPSA) is 79.2 Å². The van der Waals surface area contributed by atoms with Crippen LogP contribution in [0.4, 0.5) is 0 Å². The van der Waals surface area contributed by atoms with E-state index in [4.69, 9.17) is 13.6 Å². The van der Waals surface area contributed by atoms with Gasteiger partial charge in [0.25, 0.3) is 0 Å². The van der Waals surface area contributed by atoms with Gasteiger partial charge in [-0.05, 0) is 24.8 Å². The van der Waals surface area contributed by atoms with Crippen molar-refractivity contribution in [3.63, 3.8) is 0 Å². The highest BCUT2D eigenvalue weighted by Crippen LogP contribution is 2.30. The van der Waals surface area contributed by atoms with Crippen molar-refractivity contribution < 1.29 is 28.6 Å². The summed E-state index contributed by atoms with van der Waals surface area (Å²) in [6.45, 7) is 5.97. The molecule has 0 aromatic carbocycles. The Bertz CT molecular complexity index is 536. The third kappa shape index (κ3) is 2.93. The number of ether oxygens (including phenoxy) is 2. The highest BCUT2D eigenvalue weighted by atomic mass is 16.6. The average molecular weight is 316 g/mol. The van der Waals surface area contributed by atoms with Crippen LogP contribution in [0.25, 0.3) is 0 Å². The third-order valence-corrected chi connectivity index (χ3v) is 4.81. The molecule has 1 fully saturated rings. The summed E-state index contributed by atoms with van der Waals surface area (Å²) in [5.74, 6) is -1.53. The van der Waals surface area contributed by atoms with E-state index in [1.807, 2.05) is 6.08 Å². The Morgan fingerprint density at radius 2 is 2.32 bits per heavy atom. The number of methoxy groups -OCH3 is 1. The van der Waals surface area contributed by atoms with E-state index >= 15 is 0 Å². The van der Waals surface area contributed by atoms with Crippen LogP contribution < -0.4 is 0 Å². The molecular weight excluding hydrogens is 286 g/mol. The fourth-order valence-electron chi connectivity index (χ4n) is 3.25. The Morgan fingerprint density at radius 1 is 1.59 bits per heavy atom. The maximum atomic E-state index is 12.5. The van der Waals surface area contributed by atoms with Crippen LogP contribution >= 0.6 is 0 Å². The summed E-state index contributed by atoms with van der Waals surface area (Å²) in [6.07, 6.45) is 0.833. The maximum Gasteiger partial charge on any atom is 0.341 e. The van der Waals surface area contributed by atoms with Crippen LogP contribution in [0, 0.1) is 5.92 Å². The van der Waals surface area contributed by atoms with Gasteiger partial charge in [0.1, 0.15) is 6.61 Å². The van der Waals surface area contributed by atoms with Gasteiger partial charge in [-0.25, -0.2) is 4.79 Å². The van der Waals surface area contributed by atoms with Gasteiger partial charge in [0.15, 0.2) is 5.60 Å². The number of aliphatic hydroxyl groups is 2. The molecule has 2 rings (SSSR count). The lowest BCUT2D eigenvalue weighted by molar-refractivity contribution is -0.186. The largest absolute Gasteiger partial charge is 0.459 e. The molecule has 0 unspecified atom stereocenters. The third-order valence-electron chi connectivity index (χ3n) is 4.81. The average Bonchev–Trinajstić information content (AvgIpc) is 3.05. The predicted octanol–water partition coefficient (Wildman–Crippen LogP) is 0.327. The number of aliphatic hydroxyl groups excluding tert-OH is 1. The number of esters is 1. The molecule has 0 bridgehead atoms. The van der Waals surface area contributed by atoms with Gasteiger partial charge in [0.2, 0.25) is 0 Å². The van der Waals surface area contributed by atoms with E-state index in [0.717, 1.165) is 12.1 Å². The molecule has 6 heteroatoms. The second-order valence-corrected chi connectivity index (χ2v) is 6.39. The van der Waals surface area contributed by atoms with Crippen LogP contribution in [0.15, 0.2) is 11.6 Å². The zero-order valence-corrected chi connectivity index (χ0v) is 13.3. The minimum Gasteiger partial charge on any atom is -0.459 e. The Hall–Kier alpha value is -0.950. The first kappa shape index (κ1) is 13.5. The van der Waals surface area contributed by atoms with Crippen molar-refractivity contribution in [2.45, 2.75) is 51.0 Å². The van der Waals surface area contributed by atoms with Gasteiger partial charge in [0, 0.05) is 20.1 Å². The van der Waals surface area contributed by atoms with Crippen LogP contribution in [-0.2, 0) is 14.3 Å². The molecule has 0 radical (unpaired) electrons. The molecule has 4 atom stereocenters. The molecule has 0 spiro atoms. The van der Waals surface area contributed by atoms with E-state index in [1.54, 1.807) is 13.8 Å². The summed E-state index contributed by atoms with van der Waals surface area (Å²) >= 11 is 0. The molecule has 22 heavy (non-hydrogen) atoms. The van der Waals surface area contributed by atoms with Crippen LogP contribution in [0.2, 0.25) is 0 Å². The van der Waals surface area contributed by atoms with Crippen molar-refractivity contribution in [2.24, 2.45) is 5.92 Å². The molecule has 6 nitrogen and oxygen atoms in total. The van der Waals surface area contributed by atoms with Crippen molar-refractivity contribution in [3.05, 3.63) is 11.6 Å². The fraction of sp³-hybridized carbons (Fsp3) is 0.812. The molecule has 0 aromatic heterocycles. The Balaban J connectivity index is 2.03. The molecule has 0 saturated carbocycles. The highest BCUT2D eigenvalue weighted by molar-refractivity contribution is 5.80. The second kappa shape index (κ2) is 6.66. The summed E-state index contributed by atoms with van der Waals surface area (Å²) in [5.41, 5.74) is -1.28. The number of carbonyl (C=O) groups is 1. The number of hydrogen-bond acceptors (Lipinski definition) is 6. The number of carbonyl (C=O) groups excluding carboxylic acids is 1. The molecule has 2 heterocycles. The fourth-order valence-corrected chi connectivity index (χ4v) is 3.25. The lowest BCUT2D eigenvalue weighted by Crippen LogP contribution is -2.54. The molecular formula is C16H27NO5. The first-order valence-electron chi connectivity index (χ1n) is 9.15. The Labute approximate surface area is 135 Å². The molecule has 2 aliphatic rings. The highest BCUT2D eigenvalue weighted by Gasteiger charge is 2.47. The number of nitrogens with zero attached hydrogens (tertiary/aromatic N) is 1. The molecule has 126 valence electrons. The van der Waals surface area contributed by atoms with Crippen molar-refractivity contribution in [2.75, 3.05) is 26.7 Å². The monoisotopic (exact) mass is 316 g/mol. The first-order valence-corrected chi connectivity index (χ1v) is 7.65. The minimum atomic E-state index is -2.73. The summed E-state index contributed by atoms with van der Waals surface area (Å²) in [4.78, 5) is 14.6. The van der Waals surface area contributed by atoms with E-state index in [2.05, 4.69) is 4.90 Å². The molecule has 0 amide bonds. The van der Waals surface area contributed by atoms with Crippen LogP contribution in [0.1, 0.15) is 31.3 Å². The van der Waals surface area contributed by atoms with Gasteiger partial charge in [-0.15, -0.1) is 0 Å². The van der Waals surface area contributed by atoms with Gasteiger partial charge >= 0.3 is 5.97 Å². The van der Waals surface area contributed by atoms with E-state index < -0.39 is 36.7 Å². The van der Waals surface area contributed by atoms with Gasteiger partial charge < -0.3 is 19.7 Å². The lowest BCUT2D eigenvalue weighted by Gasteiger charge is -2.34. The van der Waals surface area contributed by atoms with Gasteiger partial charge in [-0.1, -0.05) is 19.9 Å². The Morgan fingerprint density at radius 3 is 2.95 bits per heavy atom. The number of fused-ring (bicyclic) bond motifs is 1. The van der Waals surface area contributed by atoms with Crippen molar-refractivity contribution >= 4 is 5.97 Å². The maximum absolute atomic E-state index is 12.5. The molecule has 0 aliphatic carbocycles. The van der Waals surface area contributed by atoms with Crippen molar-refractivity contribution in [1.82, 2.24) is 4.90 Å².